The van der Waals surface area contributed by atoms with Crippen LogP contribution in [0.1, 0.15) is 132 Å². The van der Waals surface area contributed by atoms with E-state index in [9.17, 15) is 24.3 Å². The highest BCUT2D eigenvalue weighted by Crippen LogP contribution is 2.65. The van der Waals surface area contributed by atoms with E-state index in [0.717, 1.165) is 0 Å². The molecule has 2 saturated heterocycles. The molecule has 16 nitrogen and oxygen atoms in total. The molecule has 2 aliphatic heterocycles. The fourth-order valence-electron chi connectivity index (χ4n) is 12.4. The maximum atomic E-state index is 16.4. The van der Waals surface area contributed by atoms with Crippen LogP contribution in [0.4, 0.5) is 4.79 Å². The average Bonchev–Trinajstić information content (AvgIpc) is 3.59. The molecule has 0 aromatic heterocycles. The zero-order valence-corrected chi connectivity index (χ0v) is 44.7. The second-order valence-electron chi connectivity index (χ2n) is 22.2. The first-order valence-electron chi connectivity index (χ1n) is 24.9. The Kier molecular flexibility index (Phi) is 14.5. The van der Waals surface area contributed by atoms with Gasteiger partial charge in [-0.05, 0) is 95.4 Å². The molecule has 3 aliphatic carbocycles. The molecule has 2 bridgehead atoms. The molecule has 0 spiro atoms. The van der Waals surface area contributed by atoms with Gasteiger partial charge in [0.1, 0.15) is 41.3 Å². The van der Waals surface area contributed by atoms with Crippen LogP contribution in [0.2, 0.25) is 18.1 Å². The fourth-order valence-corrected chi connectivity index (χ4v) is 15.3. The molecule has 2 aromatic carbocycles. The van der Waals surface area contributed by atoms with Gasteiger partial charge in [0.25, 0.3) is 0 Å². The molecule has 7 rings (SSSR count). The van der Waals surface area contributed by atoms with Crippen LogP contribution in [-0.2, 0) is 56.8 Å². The van der Waals surface area contributed by atoms with Crippen LogP contribution in [0.25, 0.3) is 0 Å². The van der Waals surface area contributed by atoms with Crippen molar-refractivity contribution in [1.82, 2.24) is 4.90 Å². The number of carbonyl (C=O) groups excluding carboxylic acids is 6. The molecular weight excluding hydrogens is 931 g/mol. The molecule has 4 fully saturated rings. The zero-order valence-electron chi connectivity index (χ0n) is 43.7. The molecule has 1 amide bonds. The van der Waals surface area contributed by atoms with E-state index in [1.54, 1.807) is 123 Å². The number of carbonyl (C=O) groups is 6. The third-order valence-corrected chi connectivity index (χ3v) is 20.9. The highest BCUT2D eigenvalue weighted by molar-refractivity contribution is 6.73. The molecule has 2 saturated carbocycles. The quantitative estimate of drug-likeness (QED) is 0.0920. The summed E-state index contributed by atoms with van der Waals surface area (Å²) in [5, 5.41) is 14.2. The number of nitrogens with zero attached hydrogens (tertiary/aromatic N) is 1. The van der Waals surface area contributed by atoms with Gasteiger partial charge in [-0.25, -0.2) is 14.4 Å². The van der Waals surface area contributed by atoms with Crippen LogP contribution >= 0.6 is 0 Å². The van der Waals surface area contributed by atoms with Crippen LogP contribution in [0.5, 0.6) is 0 Å². The molecule has 2 heterocycles. The molecule has 1 unspecified atom stereocenters. The van der Waals surface area contributed by atoms with Crippen LogP contribution < -0.4 is 0 Å². The first-order valence-corrected chi connectivity index (χ1v) is 27.5. The SMILES string of the molecule is CC[Si](CC)(CC)O[C@@H]1C[C@H]2OC[C@@]2(OC(C)=O)C2[C@H](OC(=O)c3ccccc3)[C@]3(O)C[C@H](OC(=O)[C@@H]4OC(C)(C)N(C(=O)OC(C)(C)C)[C@H]4c4ccccc4)C(C)=C([C@@H](OC(C)=O)C(=O)[C@@]21C)C3(C)C. The van der Waals surface area contributed by atoms with Crippen molar-refractivity contribution in [3.63, 3.8) is 0 Å². The number of ketones is 1. The number of esters is 4. The molecule has 17 heteroatoms. The van der Waals surface area contributed by atoms with Crippen molar-refractivity contribution in [1.29, 1.82) is 0 Å². The van der Waals surface area contributed by atoms with Crippen molar-refractivity contribution in [2.75, 3.05) is 6.61 Å². The molecule has 1 N–H and O–H groups in total. The Hall–Kier alpha value is -4.94. The number of ether oxygens (including phenoxy) is 7. The highest BCUT2D eigenvalue weighted by atomic mass is 28.4. The van der Waals surface area contributed by atoms with Gasteiger partial charge in [0.05, 0.1) is 29.6 Å². The fraction of sp³-hybridized carbons (Fsp3) is 0.630. The van der Waals surface area contributed by atoms with E-state index in [1.165, 1.54) is 18.7 Å². The first-order chi connectivity index (χ1) is 33.1. The number of fused-ring (bicyclic) bond motifs is 5. The summed E-state index contributed by atoms with van der Waals surface area (Å²) < 4.78 is 51.8. The summed E-state index contributed by atoms with van der Waals surface area (Å²) in [6.45, 7) is 23.5. The standard InChI is InChI=1S/C54H73NO15Si/c1-15-71(16-2,17-3)70-37-28-38-53(30-63-38,67-33(6)57)43-45(66-46(59)35-26-22-19-23-27-35)54(62)29-36(31(4)39(50(54,10)11)41(64-32(5)56)44(58)52(37,43)14)65-47(60)42-40(34-24-20-18-21-25-34)55(51(12,13)68-42)48(61)69-49(7,8)9/h18-27,36-38,40-43,45,62H,15-17,28-30H2,1-14H3/t36-,37+,38+,40-,41+,42+,43?,45-,52+,53-,54+/m0/s1. The van der Waals surface area contributed by atoms with Gasteiger partial charge in [0, 0.05) is 32.1 Å². The molecule has 71 heavy (non-hydrogen) atoms. The lowest BCUT2D eigenvalue weighted by molar-refractivity contribution is -0.344. The Morgan fingerprint density at radius 3 is 1.96 bits per heavy atom. The molecule has 388 valence electrons. The third kappa shape index (κ3) is 9.16. The van der Waals surface area contributed by atoms with Crippen molar-refractivity contribution < 1.29 is 71.5 Å². The number of hydrogen-bond donors (Lipinski definition) is 1. The Morgan fingerprint density at radius 1 is 0.845 bits per heavy atom. The van der Waals surface area contributed by atoms with E-state index in [-0.39, 0.29) is 24.2 Å². The van der Waals surface area contributed by atoms with Gasteiger partial charge in [-0.2, -0.15) is 0 Å². The van der Waals surface area contributed by atoms with Crippen molar-refractivity contribution >= 4 is 44.1 Å². The lowest BCUT2D eigenvalue weighted by Gasteiger charge is -2.68. The van der Waals surface area contributed by atoms with E-state index in [1.807, 2.05) is 0 Å². The van der Waals surface area contributed by atoms with Crippen LogP contribution in [0, 0.1) is 16.7 Å². The summed E-state index contributed by atoms with van der Waals surface area (Å²) in [5.41, 5.74) is -8.64. The van der Waals surface area contributed by atoms with Crippen molar-refractivity contribution in [2.45, 2.75) is 193 Å². The summed E-state index contributed by atoms with van der Waals surface area (Å²) in [5.74, 6) is -5.33. The monoisotopic (exact) mass is 1000 g/mol. The number of rotatable bonds is 12. The summed E-state index contributed by atoms with van der Waals surface area (Å²) in [7, 11) is -2.63. The van der Waals surface area contributed by atoms with Gasteiger partial charge >= 0.3 is 30.0 Å². The number of aliphatic hydroxyl groups is 1. The topological polar surface area (TPSA) is 200 Å². The van der Waals surface area contributed by atoms with Crippen molar-refractivity contribution in [2.24, 2.45) is 16.7 Å². The van der Waals surface area contributed by atoms with Crippen LogP contribution in [-0.4, -0.2) is 120 Å². The molecular formula is C54H73NO15Si. The Bertz CT molecular complexity index is 2420. The van der Waals surface area contributed by atoms with Crippen molar-refractivity contribution in [3.8, 4) is 0 Å². The second kappa shape index (κ2) is 19.2. The number of Topliss-reactive ketones (excluding diaryl/α,β-unsaturated/α-hetero) is 1. The van der Waals surface area contributed by atoms with Crippen LogP contribution in [0.15, 0.2) is 71.8 Å². The lowest BCUT2D eigenvalue weighted by atomic mass is 9.44. The molecule has 5 aliphatic rings. The molecule has 11 atom stereocenters. The smallest absolute Gasteiger partial charge is 0.413 e. The van der Waals surface area contributed by atoms with Gasteiger partial charge in [0.2, 0.25) is 0 Å². The predicted molar refractivity (Wildman–Crippen MR) is 261 cm³/mol. The summed E-state index contributed by atoms with van der Waals surface area (Å²) >= 11 is 0. The van der Waals surface area contributed by atoms with E-state index >= 15 is 9.59 Å². The molecule has 2 aromatic rings. The van der Waals surface area contributed by atoms with Gasteiger partial charge in [-0.15, -0.1) is 0 Å². The zero-order chi connectivity index (χ0) is 52.4. The minimum Gasteiger partial charge on any atom is -0.456 e. The second-order valence-corrected chi connectivity index (χ2v) is 26.9. The normalized spacial score (nSPS) is 33.0. The van der Waals surface area contributed by atoms with Crippen molar-refractivity contribution in [3.05, 3.63) is 82.9 Å². The van der Waals surface area contributed by atoms with Crippen LogP contribution in [0.3, 0.4) is 0 Å². The van der Waals surface area contributed by atoms with Gasteiger partial charge < -0.3 is 42.7 Å². The number of benzene rings is 2. The Labute approximate surface area is 418 Å². The lowest BCUT2D eigenvalue weighted by Crippen LogP contribution is -2.82. The Balaban J connectivity index is 1.47. The van der Waals surface area contributed by atoms with E-state index in [0.29, 0.717) is 29.3 Å². The third-order valence-electron chi connectivity index (χ3n) is 16.3. The number of hydrogen-bond acceptors (Lipinski definition) is 15. The highest BCUT2D eigenvalue weighted by Gasteiger charge is 2.79. The van der Waals surface area contributed by atoms with E-state index < -0.39 is 132 Å². The number of amides is 1. The minimum atomic E-state index is -2.63. The molecule has 0 radical (unpaired) electrons. The average molecular weight is 1000 g/mol. The van der Waals surface area contributed by atoms with Gasteiger partial charge in [-0.1, -0.05) is 83.1 Å². The maximum Gasteiger partial charge on any atom is 0.413 e. The Morgan fingerprint density at radius 2 is 1.44 bits per heavy atom. The maximum absolute atomic E-state index is 16.4. The summed E-state index contributed by atoms with van der Waals surface area (Å²) in [4.78, 5) is 88.8. The van der Waals surface area contributed by atoms with E-state index in [4.69, 9.17) is 37.6 Å². The summed E-state index contributed by atoms with van der Waals surface area (Å²) in [6, 6.07) is 18.1. The first kappa shape index (κ1) is 53.8. The van der Waals surface area contributed by atoms with Gasteiger partial charge in [0.15, 0.2) is 31.9 Å². The van der Waals surface area contributed by atoms with E-state index in [2.05, 4.69) is 20.8 Å². The largest absolute Gasteiger partial charge is 0.456 e. The summed E-state index contributed by atoms with van der Waals surface area (Å²) in [6.07, 6.45) is -9.21. The predicted octanol–water partition coefficient (Wildman–Crippen LogP) is 8.35. The van der Waals surface area contributed by atoms with Gasteiger partial charge in [-0.3, -0.25) is 19.3 Å². The minimum absolute atomic E-state index is 0.0909.